The van der Waals surface area contributed by atoms with Crippen molar-refractivity contribution >= 4 is 16.1 Å². The Labute approximate surface area is 106 Å². The van der Waals surface area contributed by atoms with Gasteiger partial charge in [0.1, 0.15) is 12.7 Å². The highest BCUT2D eigenvalue weighted by molar-refractivity contribution is 7.86. The van der Waals surface area contributed by atoms with Gasteiger partial charge in [-0.2, -0.15) is 8.42 Å². The van der Waals surface area contributed by atoms with Crippen molar-refractivity contribution in [1.29, 1.82) is 0 Å². The summed E-state index contributed by atoms with van der Waals surface area (Å²) in [7, 11) is -3.75. The van der Waals surface area contributed by atoms with Gasteiger partial charge in [-0.15, -0.1) is 0 Å². The number of hydrogen-bond acceptors (Lipinski definition) is 6. The Morgan fingerprint density at radius 1 is 1.44 bits per heavy atom. The normalized spacial score (nSPS) is 19.4. The van der Waals surface area contributed by atoms with Crippen LogP contribution in [0.15, 0.2) is 34.2 Å². The number of rotatable bonds is 4. The van der Waals surface area contributed by atoms with Crippen LogP contribution < -0.4 is 5.73 Å². The van der Waals surface area contributed by atoms with E-state index in [2.05, 4.69) is 4.99 Å². The molecule has 0 saturated heterocycles. The van der Waals surface area contributed by atoms with E-state index in [1.165, 1.54) is 12.1 Å². The van der Waals surface area contributed by atoms with Gasteiger partial charge in [0, 0.05) is 0 Å². The number of amidine groups is 1. The fourth-order valence-corrected chi connectivity index (χ4v) is 2.40. The average Bonchev–Trinajstić information content (AvgIpc) is 2.73. The number of nitrogens with zero attached hydrogens (tertiary/aromatic N) is 1. The molecule has 0 radical (unpaired) electrons. The first-order valence-electron chi connectivity index (χ1n) is 5.40. The number of nitrogens with two attached hydrogens (primary N) is 1. The lowest BCUT2D eigenvalue weighted by molar-refractivity contribution is 0.145. The highest BCUT2D eigenvalue weighted by Gasteiger charge is 2.22. The smallest absolute Gasteiger partial charge is 0.297 e. The van der Waals surface area contributed by atoms with Gasteiger partial charge in [0.15, 0.2) is 0 Å². The van der Waals surface area contributed by atoms with Crippen LogP contribution in [0.3, 0.4) is 0 Å². The van der Waals surface area contributed by atoms with Gasteiger partial charge in [0.2, 0.25) is 0 Å². The molecule has 6 nitrogen and oxygen atoms in total. The minimum atomic E-state index is -3.75. The summed E-state index contributed by atoms with van der Waals surface area (Å²) in [6.07, 6.45) is -0.440. The molecule has 1 atom stereocenters. The Bertz CT molecular complexity index is 551. The van der Waals surface area contributed by atoms with E-state index in [9.17, 15) is 8.42 Å². The summed E-state index contributed by atoms with van der Waals surface area (Å²) in [6, 6.07) is 6.50. The minimum Gasteiger partial charge on any atom is -0.458 e. The molecule has 0 bridgehead atoms. The van der Waals surface area contributed by atoms with Crippen LogP contribution >= 0.6 is 0 Å². The zero-order valence-corrected chi connectivity index (χ0v) is 10.7. The summed E-state index contributed by atoms with van der Waals surface area (Å²) < 4.78 is 33.6. The molecule has 0 aliphatic carbocycles. The molecule has 1 aliphatic heterocycles. The summed E-state index contributed by atoms with van der Waals surface area (Å²) in [4.78, 5) is 3.92. The number of ether oxygens (including phenoxy) is 1. The third-order valence-corrected chi connectivity index (χ3v) is 3.75. The molecule has 0 saturated carbocycles. The topological polar surface area (TPSA) is 91.0 Å². The van der Waals surface area contributed by atoms with Crippen LogP contribution in [0.1, 0.15) is 5.56 Å². The Hall–Kier alpha value is -1.60. The predicted octanol–water partition coefficient (Wildman–Crippen LogP) is 0.414. The van der Waals surface area contributed by atoms with Gasteiger partial charge in [0.25, 0.3) is 16.1 Å². The maximum Gasteiger partial charge on any atom is 0.297 e. The summed E-state index contributed by atoms with van der Waals surface area (Å²) >= 11 is 0. The van der Waals surface area contributed by atoms with Crippen molar-refractivity contribution < 1.29 is 17.3 Å². The quantitative estimate of drug-likeness (QED) is 0.800. The summed E-state index contributed by atoms with van der Waals surface area (Å²) in [5.41, 5.74) is 6.30. The zero-order valence-electron chi connectivity index (χ0n) is 9.87. The molecule has 1 aliphatic rings. The van der Waals surface area contributed by atoms with Gasteiger partial charge in [-0.1, -0.05) is 17.7 Å². The molecule has 1 unspecified atom stereocenters. The molecule has 0 amide bonds. The van der Waals surface area contributed by atoms with Crippen LogP contribution in [-0.4, -0.2) is 33.7 Å². The summed E-state index contributed by atoms with van der Waals surface area (Å²) in [5.74, 6) is 0. The largest absolute Gasteiger partial charge is 0.458 e. The molecule has 7 heteroatoms. The highest BCUT2D eigenvalue weighted by atomic mass is 32.2. The van der Waals surface area contributed by atoms with E-state index in [0.29, 0.717) is 6.54 Å². The molecule has 98 valence electrons. The molecule has 1 heterocycles. The van der Waals surface area contributed by atoms with E-state index in [1.54, 1.807) is 12.1 Å². The van der Waals surface area contributed by atoms with E-state index >= 15 is 0 Å². The molecule has 0 fully saturated rings. The van der Waals surface area contributed by atoms with Crippen molar-refractivity contribution in [1.82, 2.24) is 0 Å². The van der Waals surface area contributed by atoms with Crippen molar-refractivity contribution in [3.05, 3.63) is 29.8 Å². The van der Waals surface area contributed by atoms with Gasteiger partial charge in [0.05, 0.1) is 11.4 Å². The minimum absolute atomic E-state index is 0.0660. The van der Waals surface area contributed by atoms with Crippen LogP contribution in [0, 0.1) is 6.92 Å². The van der Waals surface area contributed by atoms with Crippen molar-refractivity contribution in [3.63, 3.8) is 0 Å². The molecule has 2 rings (SSSR count). The number of aryl methyl sites for hydroxylation is 1. The van der Waals surface area contributed by atoms with Crippen LogP contribution in [0.5, 0.6) is 0 Å². The standard InChI is InChI=1S/C11H14N2O4S/c1-8-2-4-10(5-3-8)18(14,15)16-7-9-6-13-11(12)17-9/h2-5,9H,6-7H2,1H3,(H2,12,13). The Kier molecular flexibility index (Phi) is 3.53. The Balaban J connectivity index is 1.98. The van der Waals surface area contributed by atoms with E-state index in [4.69, 9.17) is 14.7 Å². The van der Waals surface area contributed by atoms with Crippen molar-refractivity contribution in [2.24, 2.45) is 10.7 Å². The van der Waals surface area contributed by atoms with Gasteiger partial charge in [-0.05, 0) is 19.1 Å². The van der Waals surface area contributed by atoms with E-state index in [-0.39, 0.29) is 17.5 Å². The third-order valence-electron chi connectivity index (χ3n) is 2.46. The first kappa shape index (κ1) is 12.8. The summed E-state index contributed by atoms with van der Waals surface area (Å²) in [6.45, 7) is 2.10. The maximum absolute atomic E-state index is 11.8. The second-order valence-corrected chi connectivity index (χ2v) is 5.59. The van der Waals surface area contributed by atoms with Crippen molar-refractivity contribution in [3.8, 4) is 0 Å². The van der Waals surface area contributed by atoms with E-state index < -0.39 is 16.2 Å². The first-order valence-corrected chi connectivity index (χ1v) is 6.81. The molecule has 18 heavy (non-hydrogen) atoms. The zero-order chi connectivity index (χ0) is 13.2. The van der Waals surface area contributed by atoms with E-state index in [0.717, 1.165) is 5.56 Å². The molecule has 0 aromatic heterocycles. The maximum atomic E-state index is 11.8. The fraction of sp³-hybridized carbons (Fsp3) is 0.364. The first-order chi connectivity index (χ1) is 8.47. The third kappa shape index (κ3) is 2.99. The van der Waals surface area contributed by atoms with E-state index in [1.807, 2.05) is 6.92 Å². The highest BCUT2D eigenvalue weighted by Crippen LogP contribution is 2.14. The van der Waals surface area contributed by atoms with Crippen LogP contribution in [0.25, 0.3) is 0 Å². The van der Waals surface area contributed by atoms with Crippen LogP contribution in [0.2, 0.25) is 0 Å². The number of benzene rings is 1. The molecule has 1 aromatic carbocycles. The number of hydrogen-bond donors (Lipinski definition) is 1. The number of aliphatic imine (C=N–C) groups is 1. The monoisotopic (exact) mass is 270 g/mol. The van der Waals surface area contributed by atoms with Crippen molar-refractivity contribution in [2.45, 2.75) is 17.9 Å². The molecule has 2 N–H and O–H groups in total. The SMILES string of the molecule is Cc1ccc(S(=O)(=O)OCC2CN=C(N)O2)cc1. The summed E-state index contributed by atoms with van der Waals surface area (Å²) in [5, 5.41) is 0. The average molecular weight is 270 g/mol. The lowest BCUT2D eigenvalue weighted by Gasteiger charge is -2.10. The molecular formula is C11H14N2O4S. The van der Waals surface area contributed by atoms with Gasteiger partial charge >= 0.3 is 0 Å². The molecular weight excluding hydrogens is 256 g/mol. The molecule has 0 spiro atoms. The lowest BCUT2D eigenvalue weighted by atomic mass is 10.2. The second kappa shape index (κ2) is 4.95. The predicted molar refractivity (Wildman–Crippen MR) is 65.7 cm³/mol. The lowest BCUT2D eigenvalue weighted by Crippen LogP contribution is -2.24. The van der Waals surface area contributed by atoms with Crippen LogP contribution in [0.4, 0.5) is 0 Å². The Morgan fingerprint density at radius 3 is 2.67 bits per heavy atom. The second-order valence-electron chi connectivity index (χ2n) is 3.97. The Morgan fingerprint density at radius 2 is 2.11 bits per heavy atom. The fourth-order valence-electron chi connectivity index (χ4n) is 1.46. The van der Waals surface area contributed by atoms with Gasteiger partial charge < -0.3 is 10.5 Å². The molecule has 1 aromatic rings. The van der Waals surface area contributed by atoms with Gasteiger partial charge in [-0.25, -0.2) is 4.99 Å². The van der Waals surface area contributed by atoms with Crippen LogP contribution in [-0.2, 0) is 19.0 Å². The van der Waals surface area contributed by atoms with Gasteiger partial charge in [-0.3, -0.25) is 4.18 Å². The van der Waals surface area contributed by atoms with Crippen molar-refractivity contribution in [2.75, 3.05) is 13.2 Å².